The van der Waals surface area contributed by atoms with Crippen LogP contribution in [-0.4, -0.2) is 24.9 Å². The van der Waals surface area contributed by atoms with Crippen molar-refractivity contribution >= 4 is 9.84 Å². The summed E-state index contributed by atoms with van der Waals surface area (Å²) in [7, 11) is -3.41. The van der Waals surface area contributed by atoms with Crippen LogP contribution >= 0.6 is 0 Å². The maximum atomic E-state index is 11.4. The lowest BCUT2D eigenvalue weighted by molar-refractivity contribution is 0.348. The molecule has 0 aliphatic carbocycles. The van der Waals surface area contributed by atoms with Gasteiger partial charge in [-0.3, -0.25) is 0 Å². The van der Waals surface area contributed by atoms with Crippen molar-refractivity contribution in [2.24, 2.45) is 0 Å². The molecule has 0 bridgehead atoms. The fourth-order valence-electron chi connectivity index (χ4n) is 2.38. The fraction of sp³-hybridized carbons (Fsp3) is 0.867. The molecule has 0 aliphatic heterocycles. The fourth-order valence-corrected chi connectivity index (χ4v) is 2.81. The summed E-state index contributed by atoms with van der Waals surface area (Å²) in [4.78, 5) is 0. The maximum absolute atomic E-state index is 11.4. The normalized spacial score (nSPS) is 13.5. The Kier molecular flexibility index (Phi) is 7.93. The van der Waals surface area contributed by atoms with E-state index in [0.717, 1.165) is 31.9 Å². The van der Waals surface area contributed by atoms with E-state index in [-0.39, 0.29) is 11.1 Å². The zero-order valence-electron chi connectivity index (χ0n) is 13.5. The van der Waals surface area contributed by atoms with Gasteiger partial charge in [0.2, 0.25) is 15.7 Å². The van der Waals surface area contributed by atoms with E-state index >= 15 is 0 Å². The molecular weight excluding hydrogens is 288 g/mol. The molecule has 1 aromatic heterocycles. The van der Waals surface area contributed by atoms with E-state index in [2.05, 4.69) is 24.0 Å². The van der Waals surface area contributed by atoms with Crippen LogP contribution in [0.2, 0.25) is 0 Å². The summed E-state index contributed by atoms with van der Waals surface area (Å²) in [5.74, 6) is 0.680. The van der Waals surface area contributed by atoms with Crippen LogP contribution in [-0.2, 0) is 9.84 Å². The minimum atomic E-state index is -3.41. The number of hydrogen-bond acceptors (Lipinski definition) is 5. The highest BCUT2D eigenvalue weighted by Gasteiger charge is 2.22. The molecule has 1 unspecified atom stereocenters. The van der Waals surface area contributed by atoms with Crippen molar-refractivity contribution in [3.63, 3.8) is 0 Å². The summed E-state index contributed by atoms with van der Waals surface area (Å²) in [6.07, 6.45) is 11.3. The molecule has 21 heavy (non-hydrogen) atoms. The SMILES string of the molecule is CCCCCCC(CCCCC)c1nnc(S(C)(=O)=O)o1. The van der Waals surface area contributed by atoms with E-state index in [0.29, 0.717) is 5.89 Å². The zero-order chi connectivity index (χ0) is 15.7. The lowest BCUT2D eigenvalue weighted by atomic mass is 9.95. The Morgan fingerprint density at radius 3 is 2.05 bits per heavy atom. The van der Waals surface area contributed by atoms with Gasteiger partial charge in [0.1, 0.15) is 0 Å². The molecule has 0 saturated heterocycles. The third-order valence-electron chi connectivity index (χ3n) is 3.65. The van der Waals surface area contributed by atoms with Gasteiger partial charge < -0.3 is 4.42 Å². The molecule has 1 rings (SSSR count). The molecule has 0 saturated carbocycles. The van der Waals surface area contributed by atoms with Gasteiger partial charge in [-0.25, -0.2) is 8.42 Å². The van der Waals surface area contributed by atoms with Crippen LogP contribution in [0.25, 0.3) is 0 Å². The topological polar surface area (TPSA) is 73.1 Å². The summed E-state index contributed by atoms with van der Waals surface area (Å²) in [6.45, 7) is 4.36. The minimum absolute atomic E-state index is 0.191. The first-order valence-electron chi connectivity index (χ1n) is 8.02. The van der Waals surface area contributed by atoms with Gasteiger partial charge in [0, 0.05) is 12.2 Å². The second-order valence-corrected chi connectivity index (χ2v) is 7.61. The van der Waals surface area contributed by atoms with Crippen molar-refractivity contribution in [2.75, 3.05) is 6.26 Å². The molecule has 0 aliphatic rings. The minimum Gasteiger partial charge on any atom is -0.412 e. The molecule has 0 radical (unpaired) electrons. The van der Waals surface area contributed by atoms with Gasteiger partial charge in [-0.1, -0.05) is 63.9 Å². The van der Waals surface area contributed by atoms with E-state index in [9.17, 15) is 8.42 Å². The number of unbranched alkanes of at least 4 members (excludes halogenated alkanes) is 5. The van der Waals surface area contributed by atoms with Crippen molar-refractivity contribution in [1.82, 2.24) is 10.2 Å². The Bertz CT molecular complexity index is 497. The van der Waals surface area contributed by atoms with Crippen molar-refractivity contribution in [1.29, 1.82) is 0 Å². The van der Waals surface area contributed by atoms with E-state index in [1.807, 2.05) is 0 Å². The summed E-state index contributed by atoms with van der Waals surface area (Å²) in [6, 6.07) is 0. The predicted molar refractivity (Wildman–Crippen MR) is 83.0 cm³/mol. The number of nitrogens with zero attached hydrogens (tertiary/aromatic N) is 2. The average molecular weight is 316 g/mol. The van der Waals surface area contributed by atoms with Crippen LogP contribution in [0.1, 0.15) is 83.4 Å². The molecule has 0 aromatic carbocycles. The number of sulfone groups is 1. The largest absolute Gasteiger partial charge is 0.412 e. The molecule has 5 nitrogen and oxygen atoms in total. The molecule has 0 spiro atoms. The van der Waals surface area contributed by atoms with Gasteiger partial charge in [0.15, 0.2) is 0 Å². The number of aromatic nitrogens is 2. The van der Waals surface area contributed by atoms with Crippen molar-refractivity contribution < 1.29 is 12.8 Å². The molecule has 1 atom stereocenters. The van der Waals surface area contributed by atoms with Gasteiger partial charge in [-0.15, -0.1) is 5.10 Å². The summed E-state index contributed by atoms with van der Waals surface area (Å²) < 4.78 is 28.3. The van der Waals surface area contributed by atoms with E-state index in [4.69, 9.17) is 4.42 Å². The van der Waals surface area contributed by atoms with Gasteiger partial charge in [0.05, 0.1) is 0 Å². The van der Waals surface area contributed by atoms with Crippen LogP contribution in [0.5, 0.6) is 0 Å². The first-order valence-corrected chi connectivity index (χ1v) is 9.91. The molecule has 6 heteroatoms. The lowest BCUT2D eigenvalue weighted by Crippen LogP contribution is -2.00. The van der Waals surface area contributed by atoms with Gasteiger partial charge >= 0.3 is 5.22 Å². The monoisotopic (exact) mass is 316 g/mol. The molecule has 0 amide bonds. The maximum Gasteiger partial charge on any atom is 0.335 e. The van der Waals surface area contributed by atoms with Crippen molar-refractivity contribution in [3.05, 3.63) is 5.89 Å². The van der Waals surface area contributed by atoms with Crippen molar-refractivity contribution in [2.45, 2.75) is 82.8 Å². The lowest BCUT2D eigenvalue weighted by Gasteiger charge is -2.12. The highest BCUT2D eigenvalue weighted by molar-refractivity contribution is 7.90. The Morgan fingerprint density at radius 1 is 0.952 bits per heavy atom. The van der Waals surface area contributed by atoms with Crippen LogP contribution in [0.4, 0.5) is 0 Å². The summed E-state index contributed by atoms with van der Waals surface area (Å²) in [5, 5.41) is 7.38. The van der Waals surface area contributed by atoms with Crippen LogP contribution in [0.3, 0.4) is 0 Å². The first kappa shape index (κ1) is 18.1. The quantitative estimate of drug-likeness (QED) is 0.574. The van der Waals surface area contributed by atoms with Gasteiger partial charge in [-0.05, 0) is 12.8 Å². The second-order valence-electron chi connectivity index (χ2n) is 5.72. The highest BCUT2D eigenvalue weighted by atomic mass is 32.2. The standard InChI is InChI=1S/C15H28N2O3S/c1-4-6-8-10-12-13(11-9-7-5-2)14-16-17-15(20-14)21(3,18)19/h13H,4-12H2,1-3H3. The smallest absolute Gasteiger partial charge is 0.335 e. The van der Waals surface area contributed by atoms with Crippen LogP contribution < -0.4 is 0 Å². The molecule has 0 N–H and O–H groups in total. The summed E-state index contributed by atoms with van der Waals surface area (Å²) >= 11 is 0. The second kappa shape index (κ2) is 9.18. The molecule has 122 valence electrons. The highest BCUT2D eigenvalue weighted by Crippen LogP contribution is 2.28. The number of rotatable bonds is 11. The van der Waals surface area contributed by atoms with Gasteiger partial charge in [-0.2, -0.15) is 0 Å². The third-order valence-corrected chi connectivity index (χ3v) is 4.45. The van der Waals surface area contributed by atoms with Crippen molar-refractivity contribution in [3.8, 4) is 0 Å². The first-order chi connectivity index (χ1) is 9.99. The third kappa shape index (κ3) is 6.59. The van der Waals surface area contributed by atoms with Crippen LogP contribution in [0.15, 0.2) is 9.64 Å². The Balaban J connectivity index is 2.67. The van der Waals surface area contributed by atoms with E-state index < -0.39 is 9.84 Å². The van der Waals surface area contributed by atoms with E-state index in [1.165, 1.54) is 32.1 Å². The van der Waals surface area contributed by atoms with E-state index in [1.54, 1.807) is 0 Å². The zero-order valence-corrected chi connectivity index (χ0v) is 14.3. The predicted octanol–water partition coefficient (Wildman–Crippen LogP) is 4.11. The molecule has 1 heterocycles. The Hall–Kier alpha value is -0.910. The average Bonchev–Trinajstić information content (AvgIpc) is 2.91. The number of hydrogen-bond donors (Lipinski definition) is 0. The Morgan fingerprint density at radius 2 is 1.52 bits per heavy atom. The van der Waals surface area contributed by atoms with Crippen LogP contribution in [0, 0.1) is 0 Å². The molecule has 0 fully saturated rings. The molecule has 1 aromatic rings. The Labute approximate surface area is 128 Å². The summed E-state index contributed by atoms with van der Waals surface area (Å²) in [5.41, 5.74) is 0. The van der Waals surface area contributed by atoms with Gasteiger partial charge in [0.25, 0.3) is 0 Å². The molecular formula is C15H28N2O3S.